The number of nitrogens with zero attached hydrogens (tertiary/aromatic N) is 2. The number of benzene rings is 2. The van der Waals surface area contributed by atoms with Gasteiger partial charge in [-0.05, 0) is 30.2 Å². The van der Waals surface area contributed by atoms with Crippen LogP contribution in [0, 0.1) is 6.92 Å². The van der Waals surface area contributed by atoms with Gasteiger partial charge in [0.1, 0.15) is 0 Å². The van der Waals surface area contributed by atoms with Crippen molar-refractivity contribution in [3.05, 3.63) is 65.2 Å². The van der Waals surface area contributed by atoms with Crippen LogP contribution in [0.2, 0.25) is 0 Å². The Kier molecular flexibility index (Phi) is 4.63. The minimum Gasteiger partial charge on any atom is -0.398 e. The van der Waals surface area contributed by atoms with E-state index in [2.05, 4.69) is 29.2 Å². The molecule has 0 radical (unpaired) electrons. The lowest BCUT2D eigenvalue weighted by Crippen LogP contribution is -2.48. The zero-order valence-corrected chi connectivity index (χ0v) is 13.5. The van der Waals surface area contributed by atoms with Gasteiger partial charge < -0.3 is 10.6 Å². The summed E-state index contributed by atoms with van der Waals surface area (Å²) in [6.45, 7) is 6.19. The summed E-state index contributed by atoms with van der Waals surface area (Å²) >= 11 is 0. The fraction of sp³-hybridized carbons (Fsp3) is 0.316. The predicted molar refractivity (Wildman–Crippen MR) is 93.2 cm³/mol. The van der Waals surface area contributed by atoms with Crippen molar-refractivity contribution in [1.82, 2.24) is 9.80 Å². The van der Waals surface area contributed by atoms with Crippen LogP contribution >= 0.6 is 0 Å². The number of hydrogen-bond acceptors (Lipinski definition) is 3. The fourth-order valence-corrected chi connectivity index (χ4v) is 3.01. The highest BCUT2D eigenvalue weighted by Crippen LogP contribution is 2.18. The Bertz CT molecular complexity index is 676. The first-order chi connectivity index (χ1) is 11.1. The van der Waals surface area contributed by atoms with Crippen molar-refractivity contribution in [3.8, 4) is 0 Å². The molecule has 2 aromatic carbocycles. The molecule has 1 heterocycles. The molecule has 1 amide bonds. The van der Waals surface area contributed by atoms with Crippen molar-refractivity contribution in [2.45, 2.75) is 13.5 Å². The number of hydrogen-bond donors (Lipinski definition) is 1. The Morgan fingerprint density at radius 2 is 1.70 bits per heavy atom. The van der Waals surface area contributed by atoms with Crippen LogP contribution in [0.3, 0.4) is 0 Å². The number of rotatable bonds is 3. The highest BCUT2D eigenvalue weighted by atomic mass is 16.2. The Hall–Kier alpha value is -2.33. The molecule has 1 fully saturated rings. The molecule has 0 atom stereocenters. The van der Waals surface area contributed by atoms with E-state index in [1.807, 2.05) is 36.1 Å². The first-order valence-electron chi connectivity index (χ1n) is 8.06. The van der Waals surface area contributed by atoms with Crippen molar-refractivity contribution in [3.63, 3.8) is 0 Å². The van der Waals surface area contributed by atoms with Gasteiger partial charge in [-0.2, -0.15) is 0 Å². The number of nitrogen functional groups attached to an aromatic ring is 1. The lowest BCUT2D eigenvalue weighted by molar-refractivity contribution is 0.0628. The van der Waals surface area contributed by atoms with Crippen molar-refractivity contribution in [1.29, 1.82) is 0 Å². The Balaban J connectivity index is 1.60. The van der Waals surface area contributed by atoms with Gasteiger partial charge in [-0.3, -0.25) is 9.69 Å². The highest BCUT2D eigenvalue weighted by Gasteiger charge is 2.23. The summed E-state index contributed by atoms with van der Waals surface area (Å²) in [4.78, 5) is 17.0. The third-order valence-corrected chi connectivity index (χ3v) is 4.51. The van der Waals surface area contributed by atoms with Crippen molar-refractivity contribution < 1.29 is 4.79 Å². The molecule has 2 N–H and O–H groups in total. The van der Waals surface area contributed by atoms with Gasteiger partial charge >= 0.3 is 0 Å². The second-order valence-electron chi connectivity index (χ2n) is 6.07. The summed E-state index contributed by atoms with van der Waals surface area (Å²) in [7, 11) is 0. The van der Waals surface area contributed by atoms with E-state index in [-0.39, 0.29) is 5.91 Å². The Morgan fingerprint density at radius 1 is 1.00 bits per heavy atom. The van der Waals surface area contributed by atoms with Crippen molar-refractivity contribution in [2.24, 2.45) is 0 Å². The summed E-state index contributed by atoms with van der Waals surface area (Å²) in [5, 5.41) is 0. The third-order valence-electron chi connectivity index (χ3n) is 4.51. The molecule has 0 unspecified atom stereocenters. The Morgan fingerprint density at radius 3 is 2.39 bits per heavy atom. The molecule has 4 heteroatoms. The van der Waals surface area contributed by atoms with Crippen LogP contribution in [0.1, 0.15) is 21.5 Å². The lowest BCUT2D eigenvalue weighted by Gasteiger charge is -2.35. The quantitative estimate of drug-likeness (QED) is 0.887. The van der Waals surface area contributed by atoms with E-state index >= 15 is 0 Å². The van der Waals surface area contributed by atoms with Crippen molar-refractivity contribution >= 4 is 11.6 Å². The van der Waals surface area contributed by atoms with Gasteiger partial charge in [-0.1, -0.05) is 36.4 Å². The molecule has 1 aliphatic heterocycles. The second kappa shape index (κ2) is 6.84. The summed E-state index contributed by atoms with van der Waals surface area (Å²) in [6, 6.07) is 16.0. The van der Waals surface area contributed by atoms with Gasteiger partial charge in [-0.15, -0.1) is 0 Å². The van der Waals surface area contributed by atoms with E-state index < -0.39 is 0 Å². The molecule has 4 nitrogen and oxygen atoms in total. The number of carbonyl (C=O) groups excluding carboxylic acids is 1. The number of amides is 1. The van der Waals surface area contributed by atoms with Gasteiger partial charge in [0.2, 0.25) is 0 Å². The standard InChI is InChI=1S/C19H23N3O/c1-15-17(8-5-9-18(15)20)19(23)22-12-10-21(11-13-22)14-16-6-3-2-4-7-16/h2-9H,10-14,20H2,1H3. The zero-order chi connectivity index (χ0) is 16.2. The minimum absolute atomic E-state index is 0.0918. The normalized spacial score (nSPS) is 15.6. The molecule has 0 aromatic heterocycles. The SMILES string of the molecule is Cc1c(N)cccc1C(=O)N1CCN(Cc2ccccc2)CC1. The Labute approximate surface area is 137 Å². The van der Waals surface area contributed by atoms with Crippen LogP contribution in [0.4, 0.5) is 5.69 Å². The molecule has 0 saturated carbocycles. The monoisotopic (exact) mass is 309 g/mol. The smallest absolute Gasteiger partial charge is 0.254 e. The minimum atomic E-state index is 0.0918. The maximum Gasteiger partial charge on any atom is 0.254 e. The predicted octanol–water partition coefficient (Wildman–Crippen LogP) is 2.54. The summed E-state index contributed by atoms with van der Waals surface area (Å²) in [6.07, 6.45) is 0. The molecular formula is C19H23N3O. The van der Waals surface area contributed by atoms with Gasteiger partial charge in [0.15, 0.2) is 0 Å². The van der Waals surface area contributed by atoms with E-state index in [4.69, 9.17) is 5.73 Å². The van der Waals surface area contributed by atoms with Crippen LogP contribution in [-0.4, -0.2) is 41.9 Å². The summed E-state index contributed by atoms with van der Waals surface area (Å²) < 4.78 is 0. The molecular weight excluding hydrogens is 286 g/mol. The molecule has 0 spiro atoms. The highest BCUT2D eigenvalue weighted by molar-refractivity contribution is 5.97. The zero-order valence-electron chi connectivity index (χ0n) is 13.5. The maximum absolute atomic E-state index is 12.7. The van der Waals surface area contributed by atoms with Crippen LogP contribution in [0.15, 0.2) is 48.5 Å². The number of anilines is 1. The molecule has 0 aliphatic carbocycles. The van der Waals surface area contributed by atoms with Gasteiger partial charge in [0, 0.05) is 44.0 Å². The van der Waals surface area contributed by atoms with Crippen LogP contribution in [-0.2, 0) is 6.54 Å². The number of piperazine rings is 1. The molecule has 2 aromatic rings. The van der Waals surface area contributed by atoms with E-state index in [9.17, 15) is 4.79 Å². The van der Waals surface area contributed by atoms with E-state index in [1.54, 1.807) is 0 Å². The third kappa shape index (κ3) is 3.54. The van der Waals surface area contributed by atoms with Crippen LogP contribution in [0.5, 0.6) is 0 Å². The summed E-state index contributed by atoms with van der Waals surface area (Å²) in [5.74, 6) is 0.0918. The fourth-order valence-electron chi connectivity index (χ4n) is 3.01. The maximum atomic E-state index is 12.7. The summed E-state index contributed by atoms with van der Waals surface area (Å²) in [5.41, 5.74) is 9.52. The van der Waals surface area contributed by atoms with Crippen molar-refractivity contribution in [2.75, 3.05) is 31.9 Å². The largest absolute Gasteiger partial charge is 0.398 e. The van der Waals surface area contributed by atoms with Gasteiger partial charge in [0.25, 0.3) is 5.91 Å². The topological polar surface area (TPSA) is 49.6 Å². The lowest BCUT2D eigenvalue weighted by atomic mass is 10.1. The molecule has 0 bridgehead atoms. The second-order valence-corrected chi connectivity index (χ2v) is 6.07. The number of carbonyl (C=O) groups is 1. The molecule has 1 aliphatic rings. The van der Waals surface area contributed by atoms with E-state index in [1.165, 1.54) is 5.56 Å². The van der Waals surface area contributed by atoms with Crippen LogP contribution in [0.25, 0.3) is 0 Å². The van der Waals surface area contributed by atoms with E-state index in [0.29, 0.717) is 5.69 Å². The average molecular weight is 309 g/mol. The van der Waals surface area contributed by atoms with Crippen LogP contribution < -0.4 is 5.73 Å². The van der Waals surface area contributed by atoms with Gasteiger partial charge in [0.05, 0.1) is 0 Å². The first kappa shape index (κ1) is 15.6. The molecule has 1 saturated heterocycles. The average Bonchev–Trinajstić information content (AvgIpc) is 2.58. The van der Waals surface area contributed by atoms with E-state index in [0.717, 1.165) is 43.9 Å². The molecule has 23 heavy (non-hydrogen) atoms. The molecule has 3 rings (SSSR count). The van der Waals surface area contributed by atoms with Gasteiger partial charge in [-0.25, -0.2) is 0 Å². The number of nitrogens with two attached hydrogens (primary N) is 1. The molecule has 120 valence electrons. The first-order valence-corrected chi connectivity index (χ1v) is 8.06.